The van der Waals surface area contributed by atoms with E-state index in [1.807, 2.05) is 38.5 Å². The zero-order valence-electron chi connectivity index (χ0n) is 17.3. The maximum Gasteiger partial charge on any atom is 0.222 e. The fourth-order valence-electron chi connectivity index (χ4n) is 2.87. The molecule has 0 amide bonds. The van der Waals surface area contributed by atoms with E-state index in [-0.39, 0.29) is 0 Å². The number of fused-ring (bicyclic) bond motifs is 1. The number of nitrogens with zero attached hydrogens (tertiary/aromatic N) is 6. The molecule has 9 nitrogen and oxygen atoms in total. The number of ether oxygens (including phenoxy) is 2. The minimum Gasteiger partial charge on any atom is -0.493 e. The topological polar surface area (TPSA) is 89.7 Å². The molecule has 1 aromatic carbocycles. The molecule has 4 rings (SSSR count). The van der Waals surface area contributed by atoms with Gasteiger partial charge in [-0.3, -0.25) is 0 Å². The lowest BCUT2D eigenvalue weighted by Gasteiger charge is -2.10. The number of aromatic nitrogens is 5. The van der Waals surface area contributed by atoms with Crippen molar-refractivity contribution in [3.8, 4) is 33.3 Å². The van der Waals surface area contributed by atoms with Gasteiger partial charge >= 0.3 is 0 Å². The van der Waals surface area contributed by atoms with E-state index in [9.17, 15) is 0 Å². The summed E-state index contributed by atoms with van der Waals surface area (Å²) in [5.41, 5.74) is 2.58. The van der Waals surface area contributed by atoms with Crippen LogP contribution in [-0.4, -0.2) is 70.9 Å². The van der Waals surface area contributed by atoms with Crippen molar-refractivity contribution in [1.82, 2.24) is 29.5 Å². The van der Waals surface area contributed by atoms with Crippen LogP contribution in [0.4, 0.5) is 5.95 Å². The summed E-state index contributed by atoms with van der Waals surface area (Å²) < 4.78 is 12.5. The molecule has 0 unspecified atom stereocenters. The second-order valence-corrected chi connectivity index (χ2v) is 7.81. The number of hydrogen-bond donors (Lipinski definition) is 1. The molecular formula is C20H23N7O2S. The van der Waals surface area contributed by atoms with Gasteiger partial charge in [-0.25, -0.2) is 19.5 Å². The summed E-state index contributed by atoms with van der Waals surface area (Å²) >= 11 is 1.50. The smallest absolute Gasteiger partial charge is 0.222 e. The molecule has 0 bridgehead atoms. The minimum absolute atomic E-state index is 0.607. The van der Waals surface area contributed by atoms with Gasteiger partial charge in [0, 0.05) is 36.6 Å². The van der Waals surface area contributed by atoms with Crippen LogP contribution in [0.15, 0.2) is 36.8 Å². The van der Waals surface area contributed by atoms with Gasteiger partial charge in [-0.2, -0.15) is 5.10 Å². The quantitative estimate of drug-likeness (QED) is 0.461. The minimum atomic E-state index is 0.607. The van der Waals surface area contributed by atoms with E-state index in [0.717, 1.165) is 39.9 Å². The molecule has 30 heavy (non-hydrogen) atoms. The molecule has 4 aromatic rings. The Hall–Kier alpha value is -3.24. The molecular weight excluding hydrogens is 402 g/mol. The van der Waals surface area contributed by atoms with E-state index in [0.29, 0.717) is 17.4 Å². The molecule has 0 radical (unpaired) electrons. The van der Waals surface area contributed by atoms with Gasteiger partial charge in [0.2, 0.25) is 10.9 Å². The Morgan fingerprint density at radius 3 is 2.50 bits per heavy atom. The summed E-state index contributed by atoms with van der Waals surface area (Å²) in [7, 11) is 7.29. The predicted octanol–water partition coefficient (Wildman–Crippen LogP) is 2.91. The molecule has 0 aliphatic rings. The average Bonchev–Trinajstić information content (AvgIpc) is 3.33. The number of rotatable bonds is 8. The monoisotopic (exact) mass is 425 g/mol. The Kier molecular flexibility index (Phi) is 5.77. The Morgan fingerprint density at radius 2 is 1.83 bits per heavy atom. The summed E-state index contributed by atoms with van der Waals surface area (Å²) in [4.78, 5) is 16.3. The van der Waals surface area contributed by atoms with Crippen LogP contribution in [0.1, 0.15) is 0 Å². The Balaban J connectivity index is 1.52. The van der Waals surface area contributed by atoms with Gasteiger partial charge in [0.15, 0.2) is 11.5 Å². The molecule has 0 atom stereocenters. The van der Waals surface area contributed by atoms with Crippen LogP contribution in [0.2, 0.25) is 0 Å². The van der Waals surface area contributed by atoms with Crippen LogP contribution in [0.25, 0.3) is 26.8 Å². The first-order chi connectivity index (χ1) is 14.6. The van der Waals surface area contributed by atoms with Crippen molar-refractivity contribution in [2.75, 3.05) is 46.7 Å². The van der Waals surface area contributed by atoms with Crippen LogP contribution in [0, 0.1) is 0 Å². The Morgan fingerprint density at radius 1 is 1.07 bits per heavy atom. The third-order valence-electron chi connectivity index (χ3n) is 4.46. The number of imidazole rings is 1. The molecule has 0 spiro atoms. The van der Waals surface area contributed by atoms with E-state index in [1.54, 1.807) is 31.1 Å². The fourth-order valence-corrected chi connectivity index (χ4v) is 3.75. The molecule has 0 saturated carbocycles. The van der Waals surface area contributed by atoms with Crippen molar-refractivity contribution in [3.05, 3.63) is 36.8 Å². The van der Waals surface area contributed by atoms with Crippen molar-refractivity contribution < 1.29 is 9.47 Å². The molecule has 3 heterocycles. The van der Waals surface area contributed by atoms with Crippen molar-refractivity contribution in [3.63, 3.8) is 0 Å². The number of nitrogens with one attached hydrogen (secondary N) is 1. The Bertz CT molecular complexity index is 1110. The summed E-state index contributed by atoms with van der Waals surface area (Å²) in [6, 6.07) is 5.74. The highest BCUT2D eigenvalue weighted by Gasteiger charge is 2.14. The van der Waals surface area contributed by atoms with Crippen LogP contribution in [0.3, 0.4) is 0 Å². The molecule has 0 fully saturated rings. The first-order valence-electron chi connectivity index (χ1n) is 9.37. The van der Waals surface area contributed by atoms with Gasteiger partial charge in [-0.05, 0) is 32.3 Å². The first-order valence-corrected chi connectivity index (χ1v) is 10.2. The maximum atomic E-state index is 5.38. The van der Waals surface area contributed by atoms with E-state index in [4.69, 9.17) is 9.47 Å². The number of anilines is 1. The number of hydrogen-bond acceptors (Lipinski definition) is 9. The SMILES string of the molecule is COc1ccc(-c2nn3cc(-c4cnc(NCCN(C)C)nc4)nc3s2)cc1OC. The van der Waals surface area contributed by atoms with Gasteiger partial charge in [0.25, 0.3) is 0 Å². The van der Waals surface area contributed by atoms with E-state index in [1.165, 1.54) is 11.3 Å². The molecule has 3 aromatic heterocycles. The summed E-state index contributed by atoms with van der Waals surface area (Å²) in [5, 5.41) is 8.70. The van der Waals surface area contributed by atoms with E-state index < -0.39 is 0 Å². The Labute approximate surface area is 178 Å². The second kappa shape index (κ2) is 8.64. The van der Waals surface area contributed by atoms with Crippen LogP contribution < -0.4 is 14.8 Å². The van der Waals surface area contributed by atoms with Gasteiger partial charge in [-0.1, -0.05) is 11.3 Å². The van der Waals surface area contributed by atoms with Gasteiger partial charge < -0.3 is 19.7 Å². The second-order valence-electron chi connectivity index (χ2n) is 6.86. The normalized spacial score (nSPS) is 11.2. The van der Waals surface area contributed by atoms with Crippen molar-refractivity contribution >= 4 is 22.2 Å². The number of likely N-dealkylation sites (N-methyl/N-ethyl adjacent to an activating group) is 1. The third-order valence-corrected chi connectivity index (χ3v) is 5.44. The molecule has 0 aliphatic carbocycles. The lowest BCUT2D eigenvalue weighted by molar-refractivity contribution is 0.355. The fraction of sp³-hybridized carbons (Fsp3) is 0.300. The predicted molar refractivity (Wildman–Crippen MR) is 117 cm³/mol. The highest BCUT2D eigenvalue weighted by molar-refractivity contribution is 7.19. The molecule has 0 aliphatic heterocycles. The lowest BCUT2D eigenvalue weighted by Crippen LogP contribution is -2.21. The summed E-state index contributed by atoms with van der Waals surface area (Å²) in [6.45, 7) is 1.70. The molecule has 156 valence electrons. The molecule has 0 saturated heterocycles. The highest BCUT2D eigenvalue weighted by atomic mass is 32.1. The van der Waals surface area contributed by atoms with Gasteiger partial charge in [-0.15, -0.1) is 0 Å². The molecule has 10 heteroatoms. The maximum absolute atomic E-state index is 5.38. The largest absolute Gasteiger partial charge is 0.493 e. The van der Waals surface area contributed by atoms with Crippen molar-refractivity contribution in [2.24, 2.45) is 0 Å². The summed E-state index contributed by atoms with van der Waals surface area (Å²) in [6.07, 6.45) is 5.42. The average molecular weight is 426 g/mol. The van der Waals surface area contributed by atoms with Crippen LogP contribution in [-0.2, 0) is 0 Å². The van der Waals surface area contributed by atoms with Gasteiger partial charge in [0.1, 0.15) is 5.01 Å². The lowest BCUT2D eigenvalue weighted by atomic mass is 10.2. The number of benzene rings is 1. The molecule has 1 N–H and O–H groups in total. The number of methoxy groups -OCH3 is 2. The van der Waals surface area contributed by atoms with Gasteiger partial charge in [0.05, 0.1) is 26.1 Å². The van der Waals surface area contributed by atoms with Crippen LogP contribution >= 0.6 is 11.3 Å². The van der Waals surface area contributed by atoms with E-state index >= 15 is 0 Å². The zero-order chi connectivity index (χ0) is 21.1. The van der Waals surface area contributed by atoms with Crippen molar-refractivity contribution in [2.45, 2.75) is 0 Å². The van der Waals surface area contributed by atoms with E-state index in [2.05, 4.69) is 30.3 Å². The van der Waals surface area contributed by atoms with Crippen LogP contribution in [0.5, 0.6) is 11.5 Å². The third kappa shape index (κ3) is 4.19. The van der Waals surface area contributed by atoms with Crippen molar-refractivity contribution in [1.29, 1.82) is 0 Å². The standard InChI is InChI=1S/C20H23N7O2S/c1-26(2)8-7-21-19-22-10-14(11-23-19)15-12-27-20(24-15)30-18(25-27)13-5-6-16(28-3)17(9-13)29-4/h5-6,9-12H,7-8H2,1-4H3,(H,21,22,23). The first kappa shape index (κ1) is 20.0. The highest BCUT2D eigenvalue weighted by Crippen LogP contribution is 2.34. The zero-order valence-corrected chi connectivity index (χ0v) is 18.1. The summed E-state index contributed by atoms with van der Waals surface area (Å²) in [5.74, 6) is 1.96.